The van der Waals surface area contributed by atoms with Crippen molar-refractivity contribution in [2.75, 3.05) is 5.32 Å². The van der Waals surface area contributed by atoms with Gasteiger partial charge in [-0.15, -0.1) is 0 Å². The normalized spacial score (nSPS) is 27.1. The number of Topliss-reactive ketones (excluding diaryl/α,β-unsaturated/α-hetero) is 1. The van der Waals surface area contributed by atoms with E-state index in [0.29, 0.717) is 11.3 Å². The summed E-state index contributed by atoms with van der Waals surface area (Å²) in [6.45, 7) is 1.57. The molecule has 0 aromatic heterocycles. The number of amides is 1. The summed E-state index contributed by atoms with van der Waals surface area (Å²) in [7, 11) is 0. The largest absolute Gasteiger partial charge is 0.324 e. The van der Waals surface area contributed by atoms with Gasteiger partial charge in [-0.2, -0.15) is 0 Å². The highest BCUT2D eigenvalue weighted by atomic mass is 19.1. The lowest BCUT2D eigenvalue weighted by Crippen LogP contribution is -2.47. The molecule has 30 heavy (non-hydrogen) atoms. The van der Waals surface area contributed by atoms with Crippen LogP contribution in [0.15, 0.2) is 78.9 Å². The van der Waals surface area contributed by atoms with Gasteiger partial charge in [-0.3, -0.25) is 14.9 Å². The van der Waals surface area contributed by atoms with Gasteiger partial charge >= 0.3 is 0 Å². The number of fused-ring (bicyclic) bond motifs is 2. The summed E-state index contributed by atoms with van der Waals surface area (Å²) in [5.74, 6) is -1.67. The molecule has 0 saturated carbocycles. The zero-order chi connectivity index (χ0) is 20.9. The molecule has 0 unspecified atom stereocenters. The maximum Gasteiger partial charge on any atom is 0.250 e. The highest BCUT2D eigenvalue weighted by Gasteiger charge is 2.63. The van der Waals surface area contributed by atoms with Gasteiger partial charge in [-0.05, 0) is 36.2 Å². The second-order valence-electron chi connectivity index (χ2n) is 8.01. The first-order chi connectivity index (χ1) is 14.5. The molecular weight excluding hydrogens is 379 g/mol. The Balaban J connectivity index is 1.79. The van der Waals surface area contributed by atoms with Gasteiger partial charge in [0.15, 0.2) is 0 Å². The van der Waals surface area contributed by atoms with Crippen molar-refractivity contribution < 1.29 is 14.0 Å². The maximum atomic E-state index is 14.3. The number of rotatable bonds is 3. The summed E-state index contributed by atoms with van der Waals surface area (Å²) in [5.41, 5.74) is 1.68. The van der Waals surface area contributed by atoms with Gasteiger partial charge in [-0.1, -0.05) is 60.7 Å². The van der Waals surface area contributed by atoms with Crippen molar-refractivity contribution >= 4 is 17.4 Å². The van der Waals surface area contributed by atoms with Crippen LogP contribution in [0.25, 0.3) is 0 Å². The molecular formula is C25H21FN2O2. The van der Waals surface area contributed by atoms with Crippen LogP contribution in [-0.2, 0) is 15.1 Å². The Kier molecular flexibility index (Phi) is 4.29. The minimum Gasteiger partial charge on any atom is -0.324 e. The molecule has 5 rings (SSSR count). The topological polar surface area (TPSA) is 58.2 Å². The molecule has 1 spiro atoms. The molecule has 2 aliphatic rings. The van der Waals surface area contributed by atoms with E-state index in [4.69, 9.17) is 0 Å². The Morgan fingerprint density at radius 3 is 2.20 bits per heavy atom. The van der Waals surface area contributed by atoms with Crippen molar-refractivity contribution in [3.8, 4) is 0 Å². The predicted molar refractivity (Wildman–Crippen MR) is 112 cm³/mol. The lowest BCUT2D eigenvalue weighted by molar-refractivity contribution is -0.123. The Hall–Kier alpha value is -3.31. The molecule has 4 nitrogen and oxygen atoms in total. The molecule has 1 amide bonds. The minimum absolute atomic E-state index is 0.0141. The Morgan fingerprint density at radius 2 is 1.57 bits per heavy atom. The molecule has 2 aliphatic heterocycles. The number of benzene rings is 3. The van der Waals surface area contributed by atoms with Crippen LogP contribution in [-0.4, -0.2) is 11.7 Å². The zero-order valence-electron chi connectivity index (χ0n) is 16.4. The Labute approximate surface area is 174 Å². The van der Waals surface area contributed by atoms with Crippen LogP contribution in [0.3, 0.4) is 0 Å². The third kappa shape index (κ3) is 2.62. The van der Waals surface area contributed by atoms with Gasteiger partial charge in [0.05, 0.1) is 0 Å². The Bertz CT molecular complexity index is 1130. The van der Waals surface area contributed by atoms with E-state index in [1.165, 1.54) is 12.1 Å². The second-order valence-corrected chi connectivity index (χ2v) is 8.01. The number of nitrogens with one attached hydrogen (secondary N) is 2. The van der Waals surface area contributed by atoms with Crippen molar-refractivity contribution in [1.29, 1.82) is 0 Å². The molecule has 1 fully saturated rings. The summed E-state index contributed by atoms with van der Waals surface area (Å²) < 4.78 is 14.3. The van der Waals surface area contributed by atoms with Crippen LogP contribution in [0.1, 0.15) is 35.6 Å². The van der Waals surface area contributed by atoms with Crippen molar-refractivity contribution in [3.63, 3.8) is 0 Å². The van der Waals surface area contributed by atoms with E-state index >= 15 is 0 Å². The van der Waals surface area contributed by atoms with Crippen molar-refractivity contribution in [1.82, 2.24) is 5.32 Å². The quantitative estimate of drug-likeness (QED) is 0.689. The van der Waals surface area contributed by atoms with Gasteiger partial charge < -0.3 is 5.32 Å². The molecule has 0 bridgehead atoms. The first-order valence-electron chi connectivity index (χ1n) is 10.0. The van der Waals surface area contributed by atoms with E-state index in [1.807, 2.05) is 60.7 Å². The second kappa shape index (κ2) is 6.89. The van der Waals surface area contributed by atoms with Crippen LogP contribution < -0.4 is 10.6 Å². The van der Waals surface area contributed by atoms with E-state index in [0.717, 1.165) is 11.1 Å². The van der Waals surface area contributed by atoms with E-state index in [9.17, 15) is 14.0 Å². The van der Waals surface area contributed by atoms with Crippen molar-refractivity contribution in [2.24, 2.45) is 5.92 Å². The number of carbonyl (C=O) groups excluding carboxylic acids is 2. The van der Waals surface area contributed by atoms with Gasteiger partial charge in [0.2, 0.25) is 5.91 Å². The van der Waals surface area contributed by atoms with E-state index in [1.54, 1.807) is 13.0 Å². The standard InChI is InChI=1S/C25H21FN2O2/c1-15(29)21-22(16-8-4-2-5-9-16)25(28-23(21)17-10-6-3-7-11-17)19-14-18(26)12-13-20(19)27-24(25)30/h2-14,21-23,28H,1H3,(H,27,30)/t21-,22-,23-,25+/m1/s1. The third-order valence-corrected chi connectivity index (χ3v) is 6.37. The van der Waals surface area contributed by atoms with Crippen LogP contribution in [0.4, 0.5) is 10.1 Å². The van der Waals surface area contributed by atoms with Crippen LogP contribution in [0, 0.1) is 11.7 Å². The number of ketones is 1. The van der Waals surface area contributed by atoms with Gasteiger partial charge in [0.25, 0.3) is 0 Å². The maximum absolute atomic E-state index is 14.3. The fraction of sp³-hybridized carbons (Fsp3) is 0.200. The first-order valence-corrected chi connectivity index (χ1v) is 10.0. The number of anilines is 1. The third-order valence-electron chi connectivity index (χ3n) is 6.37. The summed E-state index contributed by atoms with van der Waals surface area (Å²) in [6.07, 6.45) is 0. The average Bonchev–Trinajstić information content (AvgIpc) is 3.26. The SMILES string of the molecule is CC(=O)[C@H]1[C@@H](c2ccccc2)N[C@]2(C(=O)Nc3ccc(F)cc32)[C@@H]1c1ccccc1. The lowest BCUT2D eigenvalue weighted by Gasteiger charge is -2.31. The molecule has 4 atom stereocenters. The monoisotopic (exact) mass is 400 g/mol. The highest BCUT2D eigenvalue weighted by Crippen LogP contribution is 2.57. The molecule has 5 heteroatoms. The average molecular weight is 400 g/mol. The molecule has 3 aromatic carbocycles. The fourth-order valence-electron chi connectivity index (χ4n) is 5.17. The van der Waals surface area contributed by atoms with E-state index < -0.39 is 23.2 Å². The molecule has 3 aromatic rings. The molecule has 2 heterocycles. The van der Waals surface area contributed by atoms with Crippen molar-refractivity contribution in [2.45, 2.75) is 24.4 Å². The summed E-state index contributed by atoms with van der Waals surface area (Å²) in [5, 5.41) is 6.41. The van der Waals surface area contributed by atoms with E-state index in [-0.39, 0.29) is 17.7 Å². The molecule has 1 saturated heterocycles. The van der Waals surface area contributed by atoms with Crippen molar-refractivity contribution in [3.05, 3.63) is 101 Å². The molecule has 2 N–H and O–H groups in total. The predicted octanol–water partition coefficient (Wildman–Crippen LogP) is 4.31. The van der Waals surface area contributed by atoms with Crippen LogP contribution in [0.2, 0.25) is 0 Å². The number of hydrogen-bond donors (Lipinski definition) is 2. The minimum atomic E-state index is -1.24. The van der Waals surface area contributed by atoms with Gasteiger partial charge in [0, 0.05) is 29.1 Å². The van der Waals surface area contributed by atoms with Gasteiger partial charge in [-0.25, -0.2) is 4.39 Å². The number of hydrogen-bond acceptors (Lipinski definition) is 3. The Morgan fingerprint density at radius 1 is 0.933 bits per heavy atom. The first kappa shape index (κ1) is 18.7. The molecule has 150 valence electrons. The number of carbonyl (C=O) groups is 2. The summed E-state index contributed by atoms with van der Waals surface area (Å²) >= 11 is 0. The fourth-order valence-corrected chi connectivity index (χ4v) is 5.17. The van der Waals surface area contributed by atoms with Gasteiger partial charge in [0.1, 0.15) is 17.1 Å². The zero-order valence-corrected chi connectivity index (χ0v) is 16.4. The highest BCUT2D eigenvalue weighted by molar-refractivity contribution is 6.08. The number of halogens is 1. The van der Waals surface area contributed by atoms with Crippen LogP contribution in [0.5, 0.6) is 0 Å². The smallest absolute Gasteiger partial charge is 0.250 e. The summed E-state index contributed by atoms with van der Waals surface area (Å²) in [4.78, 5) is 26.5. The molecule has 0 radical (unpaired) electrons. The van der Waals surface area contributed by atoms with E-state index in [2.05, 4.69) is 10.6 Å². The van der Waals surface area contributed by atoms with Crippen LogP contribution >= 0.6 is 0 Å². The molecule has 0 aliphatic carbocycles. The lowest BCUT2D eigenvalue weighted by atomic mass is 9.70. The summed E-state index contributed by atoms with van der Waals surface area (Å²) in [6, 6.07) is 23.2.